The Bertz CT molecular complexity index is 632. The number of hydrogen-bond acceptors (Lipinski definition) is 4. The van der Waals surface area contributed by atoms with Gasteiger partial charge in [-0.1, -0.05) is 12.2 Å². The summed E-state index contributed by atoms with van der Waals surface area (Å²) in [5.74, 6) is 1.43. The molecule has 0 spiro atoms. The van der Waals surface area contributed by atoms with Crippen LogP contribution >= 0.6 is 0 Å². The molecule has 0 amide bonds. The lowest BCUT2D eigenvalue weighted by Crippen LogP contribution is -1.84. The highest BCUT2D eigenvalue weighted by molar-refractivity contribution is 5.73. The van der Waals surface area contributed by atoms with Crippen molar-refractivity contribution in [1.29, 1.82) is 0 Å². The van der Waals surface area contributed by atoms with E-state index in [9.17, 15) is 10.2 Å². The van der Waals surface area contributed by atoms with Crippen LogP contribution in [0.5, 0.6) is 23.0 Å². The molecule has 104 valence electrons. The third-order valence-electron chi connectivity index (χ3n) is 2.84. The molecule has 0 heterocycles. The minimum atomic E-state index is 0.128. The van der Waals surface area contributed by atoms with Crippen LogP contribution in [0.25, 0.3) is 12.2 Å². The third kappa shape index (κ3) is 3.23. The van der Waals surface area contributed by atoms with Crippen LogP contribution in [0, 0.1) is 0 Å². The van der Waals surface area contributed by atoms with Crippen molar-refractivity contribution in [3.8, 4) is 23.0 Å². The number of phenols is 2. The Kier molecular flexibility index (Phi) is 4.15. The molecule has 0 aliphatic rings. The Morgan fingerprint density at radius 1 is 0.850 bits per heavy atom. The number of benzene rings is 2. The molecule has 0 saturated carbocycles. The maximum atomic E-state index is 9.85. The molecule has 0 fully saturated rings. The molecule has 2 rings (SSSR count). The summed E-state index contributed by atoms with van der Waals surface area (Å²) >= 11 is 0. The average molecular weight is 272 g/mol. The van der Waals surface area contributed by atoms with E-state index in [1.807, 2.05) is 0 Å². The van der Waals surface area contributed by atoms with Crippen molar-refractivity contribution in [2.24, 2.45) is 0 Å². The van der Waals surface area contributed by atoms with Crippen molar-refractivity contribution in [1.82, 2.24) is 0 Å². The molecule has 2 aromatic carbocycles. The second-order valence-electron chi connectivity index (χ2n) is 4.22. The number of rotatable bonds is 4. The maximum absolute atomic E-state index is 9.85. The van der Waals surface area contributed by atoms with Gasteiger partial charge in [-0.25, -0.2) is 0 Å². The molecule has 0 bridgehead atoms. The minimum Gasteiger partial charge on any atom is -0.508 e. The van der Waals surface area contributed by atoms with E-state index >= 15 is 0 Å². The Morgan fingerprint density at radius 3 is 2.25 bits per heavy atom. The number of hydrogen-bond donors (Lipinski definition) is 2. The number of phenolic OH excluding ortho intramolecular Hbond substituents is 2. The molecule has 2 aromatic rings. The molecule has 0 aliphatic heterocycles. The van der Waals surface area contributed by atoms with Gasteiger partial charge < -0.3 is 19.7 Å². The van der Waals surface area contributed by atoms with Gasteiger partial charge in [0.05, 0.1) is 14.2 Å². The number of aromatic hydroxyl groups is 2. The van der Waals surface area contributed by atoms with E-state index in [0.717, 1.165) is 5.56 Å². The highest BCUT2D eigenvalue weighted by Gasteiger charge is 2.01. The summed E-state index contributed by atoms with van der Waals surface area (Å²) in [6, 6.07) is 9.99. The van der Waals surface area contributed by atoms with E-state index in [2.05, 4.69) is 0 Å². The predicted molar refractivity (Wildman–Crippen MR) is 78.2 cm³/mol. The fraction of sp³-hybridized carbons (Fsp3) is 0.125. The Morgan fingerprint density at radius 2 is 1.60 bits per heavy atom. The topological polar surface area (TPSA) is 58.9 Å². The van der Waals surface area contributed by atoms with Crippen molar-refractivity contribution < 1.29 is 19.7 Å². The largest absolute Gasteiger partial charge is 0.508 e. The van der Waals surface area contributed by atoms with E-state index in [1.165, 1.54) is 13.2 Å². The summed E-state index contributed by atoms with van der Waals surface area (Å²) in [5.41, 5.74) is 1.44. The van der Waals surface area contributed by atoms with Gasteiger partial charge in [0.1, 0.15) is 23.0 Å². The maximum Gasteiger partial charge on any atom is 0.126 e. The molecule has 0 unspecified atom stereocenters. The number of methoxy groups -OCH3 is 2. The Balaban J connectivity index is 2.27. The van der Waals surface area contributed by atoms with Crippen molar-refractivity contribution in [2.45, 2.75) is 0 Å². The Hall–Kier alpha value is -2.62. The molecular formula is C16H16O4. The monoisotopic (exact) mass is 272 g/mol. The first kappa shape index (κ1) is 13.8. The van der Waals surface area contributed by atoms with Gasteiger partial charge in [-0.2, -0.15) is 0 Å². The molecule has 20 heavy (non-hydrogen) atoms. The van der Waals surface area contributed by atoms with Crippen molar-refractivity contribution >= 4 is 12.2 Å². The van der Waals surface area contributed by atoms with E-state index in [4.69, 9.17) is 9.47 Å². The minimum absolute atomic E-state index is 0.128. The fourth-order valence-electron chi connectivity index (χ4n) is 1.80. The summed E-state index contributed by atoms with van der Waals surface area (Å²) in [6.07, 6.45) is 3.53. The first-order chi connectivity index (χ1) is 9.62. The van der Waals surface area contributed by atoms with Crippen LogP contribution in [0.15, 0.2) is 36.4 Å². The molecule has 0 saturated heterocycles. The lowest BCUT2D eigenvalue weighted by Gasteiger charge is -2.04. The normalized spacial score (nSPS) is 10.7. The first-order valence-electron chi connectivity index (χ1n) is 6.05. The van der Waals surface area contributed by atoms with Crippen molar-refractivity contribution in [3.05, 3.63) is 47.5 Å². The van der Waals surface area contributed by atoms with Crippen LogP contribution < -0.4 is 9.47 Å². The summed E-state index contributed by atoms with van der Waals surface area (Å²) in [5, 5.41) is 19.4. The molecule has 4 heteroatoms. The van der Waals surface area contributed by atoms with Crippen LogP contribution in [-0.2, 0) is 0 Å². The Labute approximate surface area is 117 Å². The summed E-state index contributed by atoms with van der Waals surface area (Å²) in [4.78, 5) is 0. The summed E-state index contributed by atoms with van der Waals surface area (Å²) in [6.45, 7) is 0. The fourth-order valence-corrected chi connectivity index (χ4v) is 1.80. The standard InChI is InChI=1S/C16H16O4/c1-19-14-6-5-12(16(18)10-14)4-3-11-7-13(17)9-15(8-11)20-2/h3-10,17-18H,1-2H3/b4-3+. The van der Waals surface area contributed by atoms with Gasteiger partial charge in [-0.3, -0.25) is 0 Å². The quantitative estimate of drug-likeness (QED) is 0.838. The second kappa shape index (κ2) is 6.02. The van der Waals surface area contributed by atoms with Crippen LogP contribution in [0.3, 0.4) is 0 Å². The van der Waals surface area contributed by atoms with E-state index in [0.29, 0.717) is 17.1 Å². The van der Waals surface area contributed by atoms with Gasteiger partial charge in [0.15, 0.2) is 0 Å². The average Bonchev–Trinajstić information content (AvgIpc) is 2.45. The van der Waals surface area contributed by atoms with E-state index in [-0.39, 0.29) is 11.5 Å². The van der Waals surface area contributed by atoms with E-state index < -0.39 is 0 Å². The molecule has 0 aromatic heterocycles. The smallest absolute Gasteiger partial charge is 0.126 e. The van der Waals surface area contributed by atoms with Crippen molar-refractivity contribution in [2.75, 3.05) is 14.2 Å². The van der Waals surface area contributed by atoms with Crippen molar-refractivity contribution in [3.63, 3.8) is 0 Å². The molecule has 0 radical (unpaired) electrons. The van der Waals surface area contributed by atoms with Crippen LogP contribution in [0.4, 0.5) is 0 Å². The molecule has 0 aliphatic carbocycles. The zero-order valence-corrected chi connectivity index (χ0v) is 11.3. The predicted octanol–water partition coefficient (Wildman–Crippen LogP) is 3.29. The SMILES string of the molecule is COc1cc(O)cc(/C=C/c2ccc(OC)cc2O)c1. The van der Waals surface area contributed by atoms with Gasteiger partial charge in [0.25, 0.3) is 0 Å². The zero-order chi connectivity index (χ0) is 14.5. The zero-order valence-electron chi connectivity index (χ0n) is 11.3. The molecule has 4 nitrogen and oxygen atoms in total. The van der Waals surface area contributed by atoms with Gasteiger partial charge in [0.2, 0.25) is 0 Å². The van der Waals surface area contributed by atoms with Gasteiger partial charge >= 0.3 is 0 Å². The van der Waals surface area contributed by atoms with Gasteiger partial charge in [0, 0.05) is 17.7 Å². The van der Waals surface area contributed by atoms with Gasteiger partial charge in [-0.05, 0) is 29.8 Å². The van der Waals surface area contributed by atoms with Crippen LogP contribution in [-0.4, -0.2) is 24.4 Å². The number of ether oxygens (including phenoxy) is 2. The third-order valence-corrected chi connectivity index (χ3v) is 2.84. The van der Waals surface area contributed by atoms with E-state index in [1.54, 1.807) is 49.6 Å². The highest BCUT2D eigenvalue weighted by Crippen LogP contribution is 2.27. The lowest BCUT2D eigenvalue weighted by molar-refractivity contribution is 0.407. The van der Waals surface area contributed by atoms with Crippen LogP contribution in [0.2, 0.25) is 0 Å². The summed E-state index contributed by atoms with van der Waals surface area (Å²) in [7, 11) is 3.08. The summed E-state index contributed by atoms with van der Waals surface area (Å²) < 4.78 is 10.1. The molecule has 2 N–H and O–H groups in total. The first-order valence-corrected chi connectivity index (χ1v) is 6.05. The van der Waals surface area contributed by atoms with Crippen LogP contribution in [0.1, 0.15) is 11.1 Å². The molecule has 0 atom stereocenters. The second-order valence-corrected chi connectivity index (χ2v) is 4.22. The molecular weight excluding hydrogens is 256 g/mol. The van der Waals surface area contributed by atoms with Gasteiger partial charge in [-0.15, -0.1) is 0 Å². The lowest BCUT2D eigenvalue weighted by atomic mass is 10.1. The highest BCUT2D eigenvalue weighted by atomic mass is 16.5.